The third-order valence-electron chi connectivity index (χ3n) is 3.60. The van der Waals surface area contributed by atoms with Crippen molar-refractivity contribution in [2.24, 2.45) is 5.73 Å². The average molecular weight is 304 g/mol. The third kappa shape index (κ3) is 3.14. The highest BCUT2D eigenvalue weighted by atomic mass is 35.5. The highest BCUT2D eigenvalue weighted by Crippen LogP contribution is 2.33. The molecule has 0 bridgehead atoms. The van der Waals surface area contributed by atoms with Gasteiger partial charge in [0.2, 0.25) is 0 Å². The molecule has 21 heavy (non-hydrogen) atoms. The van der Waals surface area contributed by atoms with E-state index >= 15 is 0 Å². The summed E-state index contributed by atoms with van der Waals surface area (Å²) in [6.07, 6.45) is 0.906. The minimum absolute atomic E-state index is 0.00713. The molecule has 0 spiro atoms. The Bertz CT molecular complexity index is 655. The molecule has 1 atom stereocenters. The second kappa shape index (κ2) is 5.96. The number of ether oxygens (including phenoxy) is 2. The molecule has 1 aliphatic rings. The number of benzene rings is 2. The molecule has 0 aromatic heterocycles. The second-order valence-corrected chi connectivity index (χ2v) is 5.74. The Morgan fingerprint density at radius 1 is 1.33 bits per heavy atom. The topological polar surface area (TPSA) is 44.5 Å². The SMILES string of the molecule is C[C@@H](N)c1cccc(OCc2cc(Cl)cc3c2OCC3)c1. The second-order valence-electron chi connectivity index (χ2n) is 5.30. The largest absolute Gasteiger partial charge is 0.493 e. The zero-order valence-electron chi connectivity index (χ0n) is 11.9. The molecule has 1 aliphatic heterocycles. The first-order chi connectivity index (χ1) is 10.1. The van der Waals surface area contributed by atoms with Crippen LogP contribution < -0.4 is 15.2 Å². The van der Waals surface area contributed by atoms with E-state index in [1.54, 1.807) is 0 Å². The van der Waals surface area contributed by atoms with Gasteiger partial charge < -0.3 is 15.2 Å². The minimum Gasteiger partial charge on any atom is -0.493 e. The first kappa shape index (κ1) is 14.2. The van der Waals surface area contributed by atoms with Crippen LogP contribution in [0.25, 0.3) is 0 Å². The Kier molecular flexibility index (Phi) is 4.04. The van der Waals surface area contributed by atoms with Crippen LogP contribution in [-0.2, 0) is 13.0 Å². The van der Waals surface area contributed by atoms with Gasteiger partial charge in [-0.1, -0.05) is 23.7 Å². The zero-order valence-corrected chi connectivity index (χ0v) is 12.7. The van der Waals surface area contributed by atoms with E-state index in [-0.39, 0.29) is 6.04 Å². The van der Waals surface area contributed by atoms with E-state index in [2.05, 4.69) is 0 Å². The molecular formula is C17H18ClNO2. The third-order valence-corrected chi connectivity index (χ3v) is 3.82. The standard InChI is InChI=1S/C17H18ClNO2/c1-11(19)12-3-2-4-16(9-12)21-10-14-8-15(18)7-13-5-6-20-17(13)14/h2-4,7-9,11H,5-6,10,19H2,1H3/t11-/m1/s1. The van der Waals surface area contributed by atoms with E-state index in [0.717, 1.165) is 39.6 Å². The molecule has 2 aromatic carbocycles. The highest BCUT2D eigenvalue weighted by molar-refractivity contribution is 6.30. The maximum Gasteiger partial charge on any atom is 0.129 e. The van der Waals surface area contributed by atoms with Crippen molar-refractivity contribution in [1.29, 1.82) is 0 Å². The molecular weight excluding hydrogens is 286 g/mol. The van der Waals surface area contributed by atoms with Crippen LogP contribution in [0, 0.1) is 0 Å². The van der Waals surface area contributed by atoms with E-state index in [9.17, 15) is 0 Å². The number of halogens is 1. The van der Waals surface area contributed by atoms with Crippen molar-refractivity contribution in [2.45, 2.75) is 26.0 Å². The van der Waals surface area contributed by atoms with Crippen molar-refractivity contribution in [1.82, 2.24) is 0 Å². The molecule has 0 aliphatic carbocycles. The molecule has 0 radical (unpaired) electrons. The van der Waals surface area contributed by atoms with E-state index < -0.39 is 0 Å². The molecule has 0 saturated heterocycles. The van der Waals surface area contributed by atoms with Crippen LogP contribution in [0.5, 0.6) is 11.5 Å². The predicted molar refractivity (Wildman–Crippen MR) is 84.0 cm³/mol. The van der Waals surface area contributed by atoms with E-state index in [1.807, 2.05) is 43.3 Å². The number of rotatable bonds is 4. The molecule has 2 N–H and O–H groups in total. The van der Waals surface area contributed by atoms with Crippen molar-refractivity contribution in [2.75, 3.05) is 6.61 Å². The molecule has 0 amide bonds. The summed E-state index contributed by atoms with van der Waals surface area (Å²) in [4.78, 5) is 0. The number of nitrogens with two attached hydrogens (primary N) is 1. The molecule has 1 heterocycles. The van der Waals surface area contributed by atoms with Gasteiger partial charge in [-0.15, -0.1) is 0 Å². The lowest BCUT2D eigenvalue weighted by Crippen LogP contribution is -2.05. The Morgan fingerprint density at radius 3 is 3.00 bits per heavy atom. The fourth-order valence-corrected chi connectivity index (χ4v) is 2.77. The van der Waals surface area contributed by atoms with Crippen molar-refractivity contribution in [3.63, 3.8) is 0 Å². The van der Waals surface area contributed by atoms with Crippen molar-refractivity contribution >= 4 is 11.6 Å². The lowest BCUT2D eigenvalue weighted by molar-refractivity contribution is 0.291. The first-order valence-electron chi connectivity index (χ1n) is 7.06. The van der Waals surface area contributed by atoms with Crippen molar-refractivity contribution in [3.05, 3.63) is 58.1 Å². The maximum absolute atomic E-state index is 6.15. The summed E-state index contributed by atoms with van der Waals surface area (Å²) in [6, 6.07) is 11.7. The first-order valence-corrected chi connectivity index (χ1v) is 7.44. The summed E-state index contributed by atoms with van der Waals surface area (Å²) >= 11 is 6.15. The fraction of sp³-hybridized carbons (Fsp3) is 0.294. The van der Waals surface area contributed by atoms with Gasteiger partial charge in [0.25, 0.3) is 0 Å². The zero-order chi connectivity index (χ0) is 14.8. The molecule has 0 unspecified atom stereocenters. The molecule has 3 nitrogen and oxygen atoms in total. The van der Waals surface area contributed by atoms with Gasteiger partial charge in [-0.25, -0.2) is 0 Å². The van der Waals surface area contributed by atoms with Gasteiger partial charge >= 0.3 is 0 Å². The minimum atomic E-state index is -0.00713. The summed E-state index contributed by atoms with van der Waals surface area (Å²) < 4.78 is 11.5. The predicted octanol–water partition coefficient (Wildman–Crippen LogP) is 3.87. The smallest absolute Gasteiger partial charge is 0.129 e. The Morgan fingerprint density at radius 2 is 2.19 bits per heavy atom. The number of hydrogen-bond donors (Lipinski definition) is 1. The lowest BCUT2D eigenvalue weighted by atomic mass is 10.1. The summed E-state index contributed by atoms with van der Waals surface area (Å²) in [7, 11) is 0. The van der Waals surface area contributed by atoms with E-state index in [1.165, 1.54) is 0 Å². The van der Waals surface area contributed by atoms with Crippen LogP contribution >= 0.6 is 11.6 Å². The van der Waals surface area contributed by atoms with Crippen LogP contribution in [0.4, 0.5) is 0 Å². The normalized spacial score (nSPS) is 14.4. The van der Waals surface area contributed by atoms with Gasteiger partial charge in [0.15, 0.2) is 0 Å². The molecule has 2 aromatic rings. The van der Waals surface area contributed by atoms with Crippen LogP contribution in [-0.4, -0.2) is 6.61 Å². The lowest BCUT2D eigenvalue weighted by Gasteiger charge is -2.12. The molecule has 3 rings (SSSR count). The van der Waals surface area contributed by atoms with Crippen LogP contribution in [0.3, 0.4) is 0 Å². The van der Waals surface area contributed by atoms with Gasteiger partial charge in [-0.05, 0) is 42.3 Å². The quantitative estimate of drug-likeness (QED) is 0.932. The Labute approximate surface area is 129 Å². The number of hydrogen-bond acceptors (Lipinski definition) is 3. The van der Waals surface area contributed by atoms with E-state index in [0.29, 0.717) is 13.2 Å². The average Bonchev–Trinajstić information content (AvgIpc) is 2.93. The summed E-state index contributed by atoms with van der Waals surface area (Å²) in [5.41, 5.74) is 9.09. The van der Waals surface area contributed by atoms with Crippen molar-refractivity contribution in [3.8, 4) is 11.5 Å². The monoisotopic (exact) mass is 303 g/mol. The molecule has 0 fully saturated rings. The van der Waals surface area contributed by atoms with E-state index in [4.69, 9.17) is 26.8 Å². The molecule has 0 saturated carbocycles. The number of fused-ring (bicyclic) bond motifs is 1. The van der Waals surface area contributed by atoms with Gasteiger partial charge in [0.1, 0.15) is 18.1 Å². The van der Waals surface area contributed by atoms with Gasteiger partial charge in [-0.2, -0.15) is 0 Å². The van der Waals surface area contributed by atoms with Crippen LogP contribution in [0.1, 0.15) is 29.7 Å². The molecule has 110 valence electrons. The fourth-order valence-electron chi connectivity index (χ4n) is 2.50. The summed E-state index contributed by atoms with van der Waals surface area (Å²) in [6.45, 7) is 3.10. The molecule has 4 heteroatoms. The van der Waals surface area contributed by atoms with Gasteiger partial charge in [0, 0.05) is 23.0 Å². The van der Waals surface area contributed by atoms with Crippen molar-refractivity contribution < 1.29 is 9.47 Å². The van der Waals surface area contributed by atoms with Gasteiger partial charge in [-0.3, -0.25) is 0 Å². The maximum atomic E-state index is 6.15. The summed E-state index contributed by atoms with van der Waals surface area (Å²) in [5, 5.41) is 0.724. The Balaban J connectivity index is 1.78. The highest BCUT2D eigenvalue weighted by Gasteiger charge is 2.18. The van der Waals surface area contributed by atoms with Gasteiger partial charge in [0.05, 0.1) is 6.61 Å². The summed E-state index contributed by atoms with van der Waals surface area (Å²) in [5.74, 6) is 1.72. The van der Waals surface area contributed by atoms with Crippen LogP contribution in [0.2, 0.25) is 5.02 Å². The van der Waals surface area contributed by atoms with Crippen LogP contribution in [0.15, 0.2) is 36.4 Å². The Hall–Kier alpha value is -1.71.